The molecule has 0 aliphatic heterocycles. The van der Waals surface area contributed by atoms with E-state index in [0.717, 1.165) is 44.5 Å². The molecule has 0 atom stereocenters. The fourth-order valence-electron chi connectivity index (χ4n) is 7.81. The van der Waals surface area contributed by atoms with Crippen LogP contribution in [0.2, 0.25) is 0 Å². The topological polar surface area (TPSA) is 12.5 Å². The minimum atomic E-state index is -0.00325. The van der Waals surface area contributed by atoms with Crippen LogP contribution < -0.4 is 9.64 Å². The Labute approximate surface area is 302 Å². The number of benzene rings is 5. The second kappa shape index (κ2) is 15.9. The quantitative estimate of drug-likeness (QED) is 0.0917. The number of aryl methyl sites for hydroxylation is 2. The molecule has 5 aromatic rings. The molecule has 0 radical (unpaired) electrons. The first-order chi connectivity index (χ1) is 24.3. The largest absolute Gasteiger partial charge is 0.494 e. The van der Waals surface area contributed by atoms with Gasteiger partial charge < -0.3 is 9.64 Å². The lowest BCUT2D eigenvalue weighted by Crippen LogP contribution is -2.42. The first-order valence-electron chi connectivity index (χ1n) is 19.6. The SMILES string of the molecule is CCC(C)(CC)c1ccc2cc(-c3ccc(N(c4ccc(OCCCCCCc5cccc6c5CC6)cc4)C(C)(CC)CC)cc3)ccc2c1. The highest BCUT2D eigenvalue weighted by atomic mass is 16.5. The molecule has 0 N–H and O–H groups in total. The van der Waals surface area contributed by atoms with Gasteiger partial charge in [-0.1, -0.05) is 108 Å². The minimum absolute atomic E-state index is 0.00325. The van der Waals surface area contributed by atoms with Crippen LogP contribution in [-0.2, 0) is 24.7 Å². The molecule has 0 saturated heterocycles. The zero-order valence-corrected chi connectivity index (χ0v) is 31.7. The summed E-state index contributed by atoms with van der Waals surface area (Å²) in [6.45, 7) is 14.8. The molecule has 1 aliphatic rings. The third kappa shape index (κ3) is 7.65. The predicted molar refractivity (Wildman–Crippen MR) is 216 cm³/mol. The van der Waals surface area contributed by atoms with E-state index in [4.69, 9.17) is 4.74 Å². The normalized spacial score (nSPS) is 12.8. The predicted octanol–water partition coefficient (Wildman–Crippen LogP) is 13.6. The molecule has 50 heavy (non-hydrogen) atoms. The van der Waals surface area contributed by atoms with Gasteiger partial charge in [-0.25, -0.2) is 0 Å². The summed E-state index contributed by atoms with van der Waals surface area (Å²) in [5, 5.41) is 2.62. The van der Waals surface area contributed by atoms with Crippen molar-refractivity contribution in [2.24, 2.45) is 0 Å². The van der Waals surface area contributed by atoms with E-state index in [-0.39, 0.29) is 11.0 Å². The van der Waals surface area contributed by atoms with Gasteiger partial charge in [-0.05, 0) is 157 Å². The van der Waals surface area contributed by atoms with Crippen molar-refractivity contribution < 1.29 is 4.74 Å². The van der Waals surface area contributed by atoms with Crippen LogP contribution in [0.4, 0.5) is 11.4 Å². The van der Waals surface area contributed by atoms with Gasteiger partial charge in [-0.2, -0.15) is 0 Å². The summed E-state index contributed by atoms with van der Waals surface area (Å²) in [5.74, 6) is 0.958. The van der Waals surface area contributed by atoms with Gasteiger partial charge in [0.2, 0.25) is 0 Å². The molecule has 0 fully saturated rings. The van der Waals surface area contributed by atoms with Crippen LogP contribution in [0, 0.1) is 0 Å². The highest BCUT2D eigenvalue weighted by Crippen LogP contribution is 2.39. The lowest BCUT2D eigenvalue weighted by molar-refractivity contribution is 0.304. The monoisotopic (exact) mass is 665 g/mol. The number of fused-ring (bicyclic) bond motifs is 2. The Hall–Kier alpha value is -4.04. The fourth-order valence-corrected chi connectivity index (χ4v) is 7.81. The van der Waals surface area contributed by atoms with Crippen LogP contribution in [0.5, 0.6) is 5.75 Å². The summed E-state index contributed by atoms with van der Waals surface area (Å²) in [6.07, 6.45) is 13.1. The van der Waals surface area contributed by atoms with Crippen molar-refractivity contribution in [1.82, 2.24) is 0 Å². The number of ether oxygens (including phenoxy) is 1. The molecule has 5 aromatic carbocycles. The summed E-state index contributed by atoms with van der Waals surface area (Å²) in [6, 6.07) is 38.8. The summed E-state index contributed by atoms with van der Waals surface area (Å²) in [7, 11) is 0. The number of unbranched alkanes of at least 4 members (excludes halogenated alkanes) is 3. The Morgan fingerprint density at radius 2 is 1.24 bits per heavy atom. The Morgan fingerprint density at radius 1 is 0.600 bits per heavy atom. The number of anilines is 2. The van der Waals surface area contributed by atoms with Crippen molar-refractivity contribution >= 4 is 22.1 Å². The summed E-state index contributed by atoms with van der Waals surface area (Å²) in [4.78, 5) is 2.53. The minimum Gasteiger partial charge on any atom is -0.494 e. The second-order valence-electron chi connectivity index (χ2n) is 15.2. The lowest BCUT2D eigenvalue weighted by atomic mass is 9.77. The van der Waals surface area contributed by atoms with Crippen molar-refractivity contribution in [3.63, 3.8) is 0 Å². The van der Waals surface area contributed by atoms with E-state index in [2.05, 4.69) is 150 Å². The third-order valence-corrected chi connectivity index (χ3v) is 12.3. The van der Waals surface area contributed by atoms with Gasteiger partial charge in [0.15, 0.2) is 0 Å². The fraction of sp³-hybridized carbons (Fsp3) is 0.417. The van der Waals surface area contributed by atoms with Crippen LogP contribution in [0.25, 0.3) is 21.9 Å². The maximum absolute atomic E-state index is 6.20. The van der Waals surface area contributed by atoms with Gasteiger partial charge in [0, 0.05) is 16.9 Å². The molecule has 6 rings (SSSR count). The highest BCUT2D eigenvalue weighted by Gasteiger charge is 2.30. The van der Waals surface area contributed by atoms with Gasteiger partial charge in [0.05, 0.1) is 6.61 Å². The standard InChI is InChI=1S/C48H59NO/c1-7-47(5,8-2)42-25-21-40-34-39(19-20-41(40)35-42)36-22-26-43(27-23-36)49(48(6,9-3)10-4)44-28-30-45(31-29-44)50-33-14-12-11-13-16-37-17-15-18-38-24-32-46(37)38/h15,17-23,25-31,34-35H,7-14,16,24,32-33H2,1-6H3. The van der Waals surface area contributed by atoms with Gasteiger partial charge in [-0.3, -0.25) is 0 Å². The average Bonchev–Trinajstić information content (AvgIpc) is 3.15. The Balaban J connectivity index is 1.08. The molecular weight excluding hydrogens is 607 g/mol. The van der Waals surface area contributed by atoms with Crippen LogP contribution in [-0.4, -0.2) is 12.1 Å². The maximum Gasteiger partial charge on any atom is 0.119 e. The third-order valence-electron chi connectivity index (χ3n) is 12.3. The van der Waals surface area contributed by atoms with Gasteiger partial charge >= 0.3 is 0 Å². The molecule has 0 saturated carbocycles. The molecule has 0 bridgehead atoms. The number of rotatable bonds is 17. The van der Waals surface area contributed by atoms with Crippen LogP contribution in [0.3, 0.4) is 0 Å². The van der Waals surface area contributed by atoms with Crippen molar-refractivity contribution in [3.8, 4) is 16.9 Å². The first-order valence-corrected chi connectivity index (χ1v) is 19.6. The first kappa shape index (κ1) is 35.8. The van der Waals surface area contributed by atoms with E-state index in [1.807, 2.05) is 0 Å². The van der Waals surface area contributed by atoms with E-state index in [9.17, 15) is 0 Å². The summed E-state index contributed by atoms with van der Waals surface area (Å²) >= 11 is 0. The average molecular weight is 666 g/mol. The Morgan fingerprint density at radius 3 is 1.90 bits per heavy atom. The molecule has 0 amide bonds. The summed E-state index contributed by atoms with van der Waals surface area (Å²) < 4.78 is 6.20. The van der Waals surface area contributed by atoms with E-state index in [0.29, 0.717) is 0 Å². The highest BCUT2D eigenvalue weighted by molar-refractivity contribution is 5.88. The molecule has 2 nitrogen and oxygen atoms in total. The number of nitrogens with zero attached hydrogens (tertiary/aromatic N) is 1. The van der Waals surface area contributed by atoms with Gasteiger partial charge in [0.25, 0.3) is 0 Å². The molecule has 262 valence electrons. The zero-order chi connectivity index (χ0) is 35.1. The second-order valence-corrected chi connectivity index (χ2v) is 15.2. The number of hydrogen-bond acceptors (Lipinski definition) is 2. The lowest BCUT2D eigenvalue weighted by Gasteiger charge is -2.42. The van der Waals surface area contributed by atoms with Gasteiger partial charge in [0.1, 0.15) is 5.75 Å². The van der Waals surface area contributed by atoms with E-state index in [1.165, 1.54) is 77.4 Å². The van der Waals surface area contributed by atoms with Crippen molar-refractivity contribution in [2.45, 2.75) is 123 Å². The van der Waals surface area contributed by atoms with Crippen LogP contribution in [0.15, 0.2) is 103 Å². The van der Waals surface area contributed by atoms with E-state index in [1.54, 1.807) is 16.7 Å². The molecule has 0 unspecified atom stereocenters. The summed E-state index contributed by atoms with van der Waals surface area (Å²) in [5.41, 5.74) is 11.4. The molecule has 0 aromatic heterocycles. The van der Waals surface area contributed by atoms with E-state index < -0.39 is 0 Å². The Kier molecular flexibility index (Phi) is 11.4. The van der Waals surface area contributed by atoms with Crippen molar-refractivity contribution in [2.75, 3.05) is 11.5 Å². The Bertz CT molecular complexity index is 1840. The smallest absolute Gasteiger partial charge is 0.119 e. The molecule has 0 spiro atoms. The number of hydrogen-bond donors (Lipinski definition) is 0. The molecule has 2 heteroatoms. The van der Waals surface area contributed by atoms with Crippen LogP contribution >= 0.6 is 0 Å². The van der Waals surface area contributed by atoms with Crippen molar-refractivity contribution in [3.05, 3.63) is 125 Å². The van der Waals surface area contributed by atoms with Crippen LogP contribution in [0.1, 0.15) is 115 Å². The van der Waals surface area contributed by atoms with Crippen molar-refractivity contribution in [1.29, 1.82) is 0 Å². The molecule has 1 aliphatic carbocycles. The molecule has 0 heterocycles. The maximum atomic E-state index is 6.20. The van der Waals surface area contributed by atoms with E-state index >= 15 is 0 Å². The molecular formula is C48H59NO. The van der Waals surface area contributed by atoms with Gasteiger partial charge in [-0.15, -0.1) is 0 Å². The zero-order valence-electron chi connectivity index (χ0n) is 31.7.